The number of aliphatic carboxylic acids is 1. The van der Waals surface area contributed by atoms with Crippen LogP contribution in [0.15, 0.2) is 0 Å². The third kappa shape index (κ3) is 4.43. The van der Waals surface area contributed by atoms with Crippen LogP contribution in [0.1, 0.15) is 45.4 Å². The van der Waals surface area contributed by atoms with Gasteiger partial charge in [0.05, 0.1) is 18.8 Å². The van der Waals surface area contributed by atoms with Crippen LogP contribution in [0.3, 0.4) is 0 Å². The van der Waals surface area contributed by atoms with Crippen LogP contribution >= 0.6 is 0 Å². The van der Waals surface area contributed by atoms with E-state index in [2.05, 4.69) is 4.90 Å². The quantitative estimate of drug-likeness (QED) is 0.807. The topological polar surface area (TPSA) is 59.0 Å². The molecular weight excluding hydrogens is 258 g/mol. The number of ether oxygens (including phenoxy) is 2. The van der Waals surface area contributed by atoms with Gasteiger partial charge in [-0.05, 0) is 38.5 Å². The number of rotatable bonds is 6. The number of nitrogens with zero attached hydrogens (tertiary/aromatic N) is 1. The molecule has 2 heterocycles. The van der Waals surface area contributed by atoms with Gasteiger partial charge < -0.3 is 14.6 Å². The molecule has 0 amide bonds. The van der Waals surface area contributed by atoms with Crippen molar-refractivity contribution < 1.29 is 19.4 Å². The van der Waals surface area contributed by atoms with Crippen molar-refractivity contribution in [3.05, 3.63) is 0 Å². The molecule has 0 radical (unpaired) electrons. The van der Waals surface area contributed by atoms with E-state index in [0.29, 0.717) is 13.0 Å². The molecule has 5 heteroatoms. The molecule has 2 rings (SSSR count). The second-order valence-electron chi connectivity index (χ2n) is 5.82. The van der Waals surface area contributed by atoms with E-state index in [1.807, 2.05) is 6.92 Å². The zero-order chi connectivity index (χ0) is 14.4. The number of carboxylic acid groups (broad SMARTS) is 1. The van der Waals surface area contributed by atoms with Crippen molar-refractivity contribution in [1.29, 1.82) is 0 Å². The second-order valence-corrected chi connectivity index (χ2v) is 5.82. The first-order valence-corrected chi connectivity index (χ1v) is 7.90. The minimum Gasteiger partial charge on any atom is -0.480 e. The first-order chi connectivity index (χ1) is 9.70. The third-order valence-corrected chi connectivity index (χ3v) is 4.38. The average Bonchev–Trinajstić information content (AvgIpc) is 2.48. The van der Waals surface area contributed by atoms with Crippen LogP contribution in [0.5, 0.6) is 0 Å². The molecule has 0 aromatic rings. The molecule has 2 atom stereocenters. The van der Waals surface area contributed by atoms with E-state index >= 15 is 0 Å². The fourth-order valence-electron chi connectivity index (χ4n) is 3.13. The Balaban J connectivity index is 1.67. The number of carbonyl (C=O) groups is 1. The molecule has 2 aliphatic rings. The Morgan fingerprint density at radius 3 is 2.65 bits per heavy atom. The van der Waals surface area contributed by atoms with Crippen molar-refractivity contribution >= 4 is 5.97 Å². The first-order valence-electron chi connectivity index (χ1n) is 7.90. The third-order valence-electron chi connectivity index (χ3n) is 4.38. The molecule has 0 aromatic heterocycles. The van der Waals surface area contributed by atoms with Gasteiger partial charge >= 0.3 is 5.97 Å². The van der Waals surface area contributed by atoms with Gasteiger partial charge in [0, 0.05) is 19.7 Å². The molecule has 116 valence electrons. The smallest absolute Gasteiger partial charge is 0.320 e. The lowest BCUT2D eigenvalue weighted by Gasteiger charge is -2.35. The van der Waals surface area contributed by atoms with Gasteiger partial charge in [-0.3, -0.25) is 9.69 Å². The normalized spacial score (nSPS) is 27.4. The van der Waals surface area contributed by atoms with Crippen molar-refractivity contribution in [3.8, 4) is 0 Å². The Bertz CT molecular complexity index is 296. The Kier molecular flexibility index (Phi) is 6.26. The molecule has 1 N–H and O–H groups in total. The Labute approximate surface area is 121 Å². The maximum Gasteiger partial charge on any atom is 0.320 e. The highest BCUT2D eigenvalue weighted by atomic mass is 16.5. The van der Waals surface area contributed by atoms with Gasteiger partial charge in [0.1, 0.15) is 6.04 Å². The van der Waals surface area contributed by atoms with E-state index in [-0.39, 0.29) is 18.2 Å². The maximum absolute atomic E-state index is 11.2. The van der Waals surface area contributed by atoms with Gasteiger partial charge in [-0.15, -0.1) is 0 Å². The molecular formula is C15H27NO4. The van der Waals surface area contributed by atoms with Gasteiger partial charge in [0.2, 0.25) is 0 Å². The van der Waals surface area contributed by atoms with E-state index < -0.39 is 5.97 Å². The average molecular weight is 285 g/mol. The minimum atomic E-state index is -0.706. The van der Waals surface area contributed by atoms with Crippen molar-refractivity contribution in [2.24, 2.45) is 0 Å². The van der Waals surface area contributed by atoms with Crippen LogP contribution < -0.4 is 0 Å². The molecule has 0 spiro atoms. The van der Waals surface area contributed by atoms with Crippen LogP contribution in [0.25, 0.3) is 0 Å². The van der Waals surface area contributed by atoms with E-state index in [1.165, 1.54) is 12.8 Å². The van der Waals surface area contributed by atoms with E-state index in [1.54, 1.807) is 0 Å². The molecule has 20 heavy (non-hydrogen) atoms. The summed E-state index contributed by atoms with van der Waals surface area (Å²) in [5, 5.41) is 9.18. The summed E-state index contributed by atoms with van der Waals surface area (Å²) in [5.74, 6) is -0.706. The fourth-order valence-corrected chi connectivity index (χ4v) is 3.13. The number of piperidine rings is 1. The molecule has 2 aliphatic heterocycles. The minimum absolute atomic E-state index is 0.267. The lowest BCUT2D eigenvalue weighted by atomic mass is 10.0. The molecule has 2 fully saturated rings. The van der Waals surface area contributed by atoms with Gasteiger partial charge in [-0.2, -0.15) is 0 Å². The van der Waals surface area contributed by atoms with Gasteiger partial charge in [0.15, 0.2) is 0 Å². The van der Waals surface area contributed by atoms with Crippen molar-refractivity contribution in [1.82, 2.24) is 4.90 Å². The summed E-state index contributed by atoms with van der Waals surface area (Å²) in [4.78, 5) is 13.2. The lowest BCUT2D eigenvalue weighted by molar-refractivity contribution is -0.145. The highest BCUT2D eigenvalue weighted by Gasteiger charge is 2.29. The fraction of sp³-hybridized carbons (Fsp3) is 0.933. The van der Waals surface area contributed by atoms with Crippen LogP contribution in [0.2, 0.25) is 0 Å². The summed E-state index contributed by atoms with van der Waals surface area (Å²) in [6.07, 6.45) is 6.57. The highest BCUT2D eigenvalue weighted by molar-refractivity contribution is 5.73. The van der Waals surface area contributed by atoms with Gasteiger partial charge in [0.25, 0.3) is 0 Å². The largest absolute Gasteiger partial charge is 0.480 e. The first kappa shape index (κ1) is 15.7. The Morgan fingerprint density at radius 2 is 2.10 bits per heavy atom. The summed E-state index contributed by atoms with van der Waals surface area (Å²) in [6, 6.07) is -0.336. The molecule has 5 nitrogen and oxygen atoms in total. The van der Waals surface area contributed by atoms with Crippen LogP contribution in [-0.2, 0) is 14.3 Å². The number of carboxylic acids is 1. The maximum atomic E-state index is 11.2. The summed E-state index contributed by atoms with van der Waals surface area (Å²) in [6.45, 7) is 5.13. The predicted octanol–water partition coefficient (Wildman–Crippen LogP) is 1.90. The summed E-state index contributed by atoms with van der Waals surface area (Å²) in [7, 11) is 0. The summed E-state index contributed by atoms with van der Waals surface area (Å²) < 4.78 is 11.6. The number of hydrogen-bond acceptors (Lipinski definition) is 4. The molecule has 0 bridgehead atoms. The van der Waals surface area contributed by atoms with Gasteiger partial charge in [-0.25, -0.2) is 0 Å². The van der Waals surface area contributed by atoms with Crippen molar-refractivity contribution in [2.75, 3.05) is 26.3 Å². The zero-order valence-electron chi connectivity index (χ0n) is 12.4. The molecule has 2 saturated heterocycles. The van der Waals surface area contributed by atoms with Crippen LogP contribution in [0, 0.1) is 0 Å². The Hall–Kier alpha value is -0.650. The van der Waals surface area contributed by atoms with E-state index in [4.69, 9.17) is 9.47 Å². The molecule has 0 aromatic carbocycles. The summed E-state index contributed by atoms with van der Waals surface area (Å²) >= 11 is 0. The summed E-state index contributed by atoms with van der Waals surface area (Å²) in [5.41, 5.74) is 0. The van der Waals surface area contributed by atoms with Gasteiger partial charge in [-0.1, -0.05) is 6.92 Å². The molecule has 0 saturated carbocycles. The SMILES string of the molecule is CC[C@@H](C(=O)O)N1CCC(OC[C@@H]2CCCCO2)CC1. The number of likely N-dealkylation sites (tertiary alicyclic amines) is 1. The van der Waals surface area contributed by atoms with E-state index in [9.17, 15) is 9.90 Å². The zero-order valence-corrected chi connectivity index (χ0v) is 12.4. The van der Waals surface area contributed by atoms with Crippen molar-refractivity contribution in [2.45, 2.75) is 63.7 Å². The molecule has 0 aliphatic carbocycles. The number of hydrogen-bond donors (Lipinski definition) is 1. The van der Waals surface area contributed by atoms with Crippen LogP contribution in [-0.4, -0.2) is 60.5 Å². The van der Waals surface area contributed by atoms with E-state index in [0.717, 1.165) is 39.0 Å². The van der Waals surface area contributed by atoms with Crippen LogP contribution in [0.4, 0.5) is 0 Å². The predicted molar refractivity (Wildman–Crippen MR) is 75.9 cm³/mol. The lowest BCUT2D eigenvalue weighted by Crippen LogP contribution is -2.47. The monoisotopic (exact) mass is 285 g/mol. The standard InChI is InChI=1S/C15H27NO4/c1-2-14(15(17)18)16-8-6-12(7-9-16)20-11-13-5-3-4-10-19-13/h12-14H,2-11H2,1H3,(H,17,18)/t13-,14-/m0/s1. The Morgan fingerprint density at radius 1 is 1.35 bits per heavy atom. The highest BCUT2D eigenvalue weighted by Crippen LogP contribution is 2.19. The van der Waals surface area contributed by atoms with Crippen molar-refractivity contribution in [3.63, 3.8) is 0 Å². The second kappa shape index (κ2) is 7.96. The molecule has 0 unspecified atom stereocenters.